The molecule has 0 atom stereocenters. The number of ether oxygens (including phenoxy) is 1. The average Bonchev–Trinajstić information content (AvgIpc) is 3.27. The molecule has 0 radical (unpaired) electrons. The van der Waals surface area contributed by atoms with Crippen molar-refractivity contribution in [2.24, 2.45) is 0 Å². The van der Waals surface area contributed by atoms with Gasteiger partial charge in [-0.1, -0.05) is 88.5 Å². The van der Waals surface area contributed by atoms with E-state index in [1.165, 1.54) is 89.9 Å². The van der Waals surface area contributed by atoms with Crippen LogP contribution < -0.4 is 40.7 Å². The van der Waals surface area contributed by atoms with E-state index in [4.69, 9.17) is 9.84 Å². The Morgan fingerprint density at radius 2 is 0.955 bits per heavy atom. The molecule has 8 rings (SSSR count). The number of benzene rings is 2. The number of likely N-dealkylation sites (tertiary alicyclic amines) is 2. The number of rotatable bonds is 13. The predicted octanol–water partition coefficient (Wildman–Crippen LogP) is 6.41. The van der Waals surface area contributed by atoms with Gasteiger partial charge in [0.05, 0.1) is 28.7 Å². The van der Waals surface area contributed by atoms with Gasteiger partial charge in [-0.3, -0.25) is 19.2 Å². The number of carbonyl (C=O) groups excluding carboxylic acids is 1. The first kappa shape index (κ1) is 53.5. The molecule has 2 aliphatic carbocycles. The van der Waals surface area contributed by atoms with Gasteiger partial charge in [0.15, 0.2) is 0 Å². The third-order valence-corrected chi connectivity index (χ3v) is 14.5. The zero-order valence-electron chi connectivity index (χ0n) is 40.1. The van der Waals surface area contributed by atoms with Crippen molar-refractivity contribution in [1.82, 2.24) is 28.9 Å². The minimum Gasteiger partial charge on any atom is -0.870 e. The van der Waals surface area contributed by atoms with Crippen molar-refractivity contribution in [3.63, 3.8) is 0 Å². The van der Waals surface area contributed by atoms with Crippen LogP contribution in [-0.4, -0.2) is 96.3 Å². The number of aromatic nitrogens is 4. The van der Waals surface area contributed by atoms with E-state index in [0.29, 0.717) is 56.1 Å². The van der Waals surface area contributed by atoms with Gasteiger partial charge < -0.3 is 34.3 Å². The summed E-state index contributed by atoms with van der Waals surface area (Å²) in [6.07, 6.45) is 25.3. The van der Waals surface area contributed by atoms with E-state index in [-0.39, 0.29) is 70.6 Å². The van der Waals surface area contributed by atoms with Gasteiger partial charge in [0.25, 0.3) is 11.1 Å². The fourth-order valence-electron chi connectivity index (χ4n) is 11.1. The summed E-state index contributed by atoms with van der Waals surface area (Å²) in [5.74, 6) is -1.04. The Labute approximate surface area is 413 Å². The molecule has 14 heteroatoms. The van der Waals surface area contributed by atoms with Gasteiger partial charge in [-0.05, 0) is 108 Å². The molecule has 356 valence electrons. The number of carbonyl (C=O) groups is 2. The second-order valence-corrected chi connectivity index (χ2v) is 18.9. The Kier molecular flexibility index (Phi) is 22.3. The zero-order chi connectivity index (χ0) is 44.7. The van der Waals surface area contributed by atoms with Crippen molar-refractivity contribution >= 4 is 34.0 Å². The first-order valence-electron chi connectivity index (χ1n) is 25.2. The predicted molar refractivity (Wildman–Crippen MR) is 256 cm³/mol. The van der Waals surface area contributed by atoms with Crippen LogP contribution in [0.1, 0.15) is 172 Å². The van der Waals surface area contributed by atoms with E-state index < -0.39 is 5.97 Å². The van der Waals surface area contributed by atoms with Crippen molar-refractivity contribution in [2.45, 2.75) is 185 Å². The van der Waals surface area contributed by atoms with Crippen LogP contribution in [0.5, 0.6) is 0 Å². The molecule has 13 nitrogen and oxygen atoms in total. The van der Waals surface area contributed by atoms with Gasteiger partial charge >= 0.3 is 41.5 Å². The first-order chi connectivity index (χ1) is 31.3. The summed E-state index contributed by atoms with van der Waals surface area (Å²) >= 11 is 0. The maximum atomic E-state index is 13.5. The van der Waals surface area contributed by atoms with Crippen LogP contribution >= 0.6 is 0 Å². The normalized spacial score (nSPS) is 19.0. The molecule has 0 amide bonds. The number of hydrogen-bond acceptors (Lipinski definition) is 10. The largest absolute Gasteiger partial charge is 1.00 e. The van der Waals surface area contributed by atoms with Crippen LogP contribution in [0.2, 0.25) is 0 Å². The molecule has 4 aromatic rings. The quantitative estimate of drug-likeness (QED) is 0.116. The fraction of sp³-hybridized carbons (Fsp3) is 0.654. The molecule has 2 N–H and O–H groups in total. The van der Waals surface area contributed by atoms with E-state index in [2.05, 4.69) is 19.8 Å². The van der Waals surface area contributed by atoms with Crippen molar-refractivity contribution in [1.29, 1.82) is 0 Å². The zero-order valence-corrected chi connectivity index (χ0v) is 42.1. The average molecular weight is 919 g/mol. The molecule has 2 aliphatic heterocycles. The second-order valence-electron chi connectivity index (χ2n) is 18.9. The summed E-state index contributed by atoms with van der Waals surface area (Å²) in [6, 6.07) is 17.7. The summed E-state index contributed by atoms with van der Waals surface area (Å²) < 4.78 is 9.00. The molecule has 66 heavy (non-hydrogen) atoms. The summed E-state index contributed by atoms with van der Waals surface area (Å²) in [5, 5.41) is 8.95. The smallest absolute Gasteiger partial charge is 0.870 e. The Morgan fingerprint density at radius 1 is 0.576 bits per heavy atom. The maximum absolute atomic E-state index is 13.5. The Morgan fingerprint density at radius 3 is 1.35 bits per heavy atom. The minimum atomic E-state index is -0.831. The Balaban J connectivity index is 0.000000241. The number of para-hydroxylation sites is 4. The number of aryl methyl sites for hydroxylation is 2. The number of esters is 1. The van der Waals surface area contributed by atoms with Crippen LogP contribution in [0.3, 0.4) is 0 Å². The van der Waals surface area contributed by atoms with Gasteiger partial charge in [-0.15, -0.1) is 0 Å². The molecule has 0 bridgehead atoms. The SMILES string of the molecule is CCOC(=O)CCCc1nc2ccccc2n(C2CCN(C3CCCCCCC3)CC2)c1=O.O=C(O)CCCc1nc2ccccc2n(C2CCN(C3CCCCCCC3)CC2)c1=O.[Na+].[OH-]. The van der Waals surface area contributed by atoms with Crippen LogP contribution in [0, 0.1) is 0 Å². The van der Waals surface area contributed by atoms with Crippen molar-refractivity contribution in [2.75, 3.05) is 32.8 Å². The van der Waals surface area contributed by atoms with Crippen LogP contribution in [-0.2, 0) is 27.2 Å². The molecule has 4 heterocycles. The molecule has 4 fully saturated rings. The number of carboxylic acid groups (broad SMARTS) is 1. The Bertz CT molecular complexity index is 2230. The second kappa shape index (κ2) is 27.5. The fourth-order valence-corrected chi connectivity index (χ4v) is 11.1. The van der Waals surface area contributed by atoms with Crippen LogP contribution in [0.4, 0.5) is 0 Å². The summed E-state index contributed by atoms with van der Waals surface area (Å²) in [5.41, 5.74) is 4.58. The van der Waals surface area contributed by atoms with Gasteiger partial charge in [0, 0.05) is 63.2 Å². The number of fused-ring (bicyclic) bond motifs is 2. The summed E-state index contributed by atoms with van der Waals surface area (Å²) in [4.78, 5) is 64.1. The molecule has 0 unspecified atom stereocenters. The number of aliphatic carboxylic acids is 1. The van der Waals surface area contributed by atoms with E-state index >= 15 is 0 Å². The van der Waals surface area contributed by atoms with Crippen LogP contribution in [0.15, 0.2) is 58.1 Å². The molecule has 2 saturated heterocycles. The summed E-state index contributed by atoms with van der Waals surface area (Å²) in [7, 11) is 0. The maximum Gasteiger partial charge on any atom is 1.00 e. The van der Waals surface area contributed by atoms with Crippen LogP contribution in [0.25, 0.3) is 22.1 Å². The van der Waals surface area contributed by atoms with E-state index in [1.807, 2.05) is 64.6 Å². The molecule has 2 saturated carbocycles. The molecular weight excluding hydrogens is 844 g/mol. The van der Waals surface area contributed by atoms with Gasteiger partial charge in [-0.25, -0.2) is 9.97 Å². The summed E-state index contributed by atoms with van der Waals surface area (Å²) in [6.45, 7) is 6.43. The molecule has 0 spiro atoms. The Hall–Kier alpha value is -3.46. The van der Waals surface area contributed by atoms with Gasteiger partial charge in [0.2, 0.25) is 0 Å². The number of hydrogen-bond donors (Lipinski definition) is 1. The molecular formula is C52H75N6NaO7. The minimum absolute atomic E-state index is 0. The van der Waals surface area contributed by atoms with Crippen molar-refractivity contribution in [3.05, 3.63) is 80.6 Å². The molecule has 4 aliphatic rings. The number of piperidine rings is 2. The standard InChI is InChI=1S/C27H39N3O3.C25H35N3O3.Na.H2O/c1-2-33-26(31)16-10-14-24-27(32)30(25-15-9-8-13-23(25)28-24)22-17-19-29(20-18-22)21-11-6-4-3-5-7-12-21;29-24(30)14-8-12-22-25(31)28(23-13-7-6-11-21(23)26-22)20-15-17-27(18-16-20)19-9-4-2-1-3-5-10-19;;/h8-9,13,15,21-22H,2-7,10-12,14,16-20H2,1H3;6-7,11,13,19-20H,1-5,8-10,12,14-18H2,(H,29,30);;1H2/q;;+1;/p-1. The number of nitrogens with zero attached hydrogens (tertiary/aromatic N) is 6. The molecule has 2 aromatic heterocycles. The number of carboxylic acids is 1. The molecule has 2 aromatic carbocycles. The van der Waals surface area contributed by atoms with Crippen molar-refractivity contribution in [3.8, 4) is 0 Å². The first-order valence-corrected chi connectivity index (χ1v) is 25.2. The van der Waals surface area contributed by atoms with E-state index in [9.17, 15) is 19.2 Å². The monoisotopic (exact) mass is 919 g/mol. The topological polar surface area (TPSA) is 170 Å². The van der Waals surface area contributed by atoms with E-state index in [1.54, 1.807) is 0 Å². The van der Waals surface area contributed by atoms with Gasteiger partial charge in [0.1, 0.15) is 11.4 Å². The third kappa shape index (κ3) is 14.5. The third-order valence-electron chi connectivity index (χ3n) is 14.5. The van der Waals surface area contributed by atoms with E-state index in [0.717, 1.165) is 80.0 Å². The van der Waals surface area contributed by atoms with Gasteiger partial charge in [-0.2, -0.15) is 0 Å². The van der Waals surface area contributed by atoms with Crippen molar-refractivity contribution < 1.29 is 54.5 Å².